The zero-order valence-electron chi connectivity index (χ0n) is 11.7. The molecule has 0 saturated carbocycles. The Balaban J connectivity index is 1.68. The molecule has 3 rings (SSSR count). The van der Waals surface area contributed by atoms with Crippen molar-refractivity contribution in [1.82, 2.24) is 10.2 Å². The molecule has 2 aliphatic heterocycles. The van der Waals surface area contributed by atoms with Gasteiger partial charge >= 0.3 is 5.97 Å². The van der Waals surface area contributed by atoms with Gasteiger partial charge in [0.25, 0.3) is 5.91 Å². The number of nitrogens with zero attached hydrogens (tertiary/aromatic N) is 1. The number of β-lactam (4-membered cyclic amide) rings is 1. The minimum atomic E-state index is -1.10. The molecular formula is C14H14N2O4S2. The van der Waals surface area contributed by atoms with Crippen molar-refractivity contribution in [2.75, 3.05) is 5.75 Å². The molecule has 1 saturated heterocycles. The van der Waals surface area contributed by atoms with Gasteiger partial charge in [-0.15, -0.1) is 11.8 Å². The molecule has 3 heterocycles. The normalized spacial score (nSPS) is 23.9. The van der Waals surface area contributed by atoms with Crippen LogP contribution < -0.4 is 5.32 Å². The number of carboxylic acids is 1. The Morgan fingerprint density at radius 3 is 2.91 bits per heavy atom. The highest BCUT2D eigenvalue weighted by Crippen LogP contribution is 2.40. The number of rotatable bonds is 4. The molecule has 2 atom stereocenters. The van der Waals surface area contributed by atoms with Crippen LogP contribution in [-0.4, -0.2) is 45.0 Å². The molecule has 0 radical (unpaired) electrons. The van der Waals surface area contributed by atoms with E-state index in [-0.39, 0.29) is 29.3 Å². The number of hydrogen-bond donors (Lipinski definition) is 2. The topological polar surface area (TPSA) is 86.7 Å². The first-order valence-corrected chi connectivity index (χ1v) is 8.66. The molecule has 1 aromatic heterocycles. The van der Waals surface area contributed by atoms with E-state index in [0.717, 1.165) is 5.56 Å². The van der Waals surface area contributed by atoms with Crippen molar-refractivity contribution in [3.8, 4) is 0 Å². The summed E-state index contributed by atoms with van der Waals surface area (Å²) in [6.07, 6.45) is 0.228. The number of thioether (sulfide) groups is 1. The maximum atomic E-state index is 12.2. The van der Waals surface area contributed by atoms with E-state index in [9.17, 15) is 19.5 Å². The summed E-state index contributed by atoms with van der Waals surface area (Å²) in [5.41, 5.74) is 1.63. The van der Waals surface area contributed by atoms with Crippen LogP contribution in [0, 0.1) is 0 Å². The van der Waals surface area contributed by atoms with Gasteiger partial charge in [0.2, 0.25) is 5.91 Å². The van der Waals surface area contributed by atoms with E-state index >= 15 is 0 Å². The maximum Gasteiger partial charge on any atom is 0.352 e. The van der Waals surface area contributed by atoms with E-state index in [0.29, 0.717) is 11.3 Å². The number of hydrogen-bond acceptors (Lipinski definition) is 5. The van der Waals surface area contributed by atoms with E-state index in [1.807, 2.05) is 16.8 Å². The number of nitrogens with one attached hydrogen (secondary N) is 1. The number of carbonyl (C=O) groups excluding carboxylic acids is 2. The summed E-state index contributed by atoms with van der Waals surface area (Å²) in [6, 6.07) is 1.22. The minimum absolute atomic E-state index is 0.0529. The zero-order valence-corrected chi connectivity index (χ0v) is 13.4. The molecule has 0 unspecified atom stereocenters. The van der Waals surface area contributed by atoms with Crippen LogP contribution in [0.4, 0.5) is 0 Å². The van der Waals surface area contributed by atoms with Gasteiger partial charge in [0, 0.05) is 5.75 Å². The third kappa shape index (κ3) is 2.52. The lowest BCUT2D eigenvalue weighted by atomic mass is 10.0. The van der Waals surface area contributed by atoms with Gasteiger partial charge in [-0.3, -0.25) is 14.5 Å². The molecule has 0 bridgehead atoms. The predicted octanol–water partition coefficient (Wildman–Crippen LogP) is 1.05. The van der Waals surface area contributed by atoms with Gasteiger partial charge in [0.15, 0.2) is 0 Å². The first kappa shape index (κ1) is 15.1. The highest BCUT2D eigenvalue weighted by Gasteiger charge is 2.53. The van der Waals surface area contributed by atoms with Crippen LogP contribution in [0.25, 0.3) is 0 Å². The first-order chi connectivity index (χ1) is 10.5. The van der Waals surface area contributed by atoms with Crippen molar-refractivity contribution in [2.24, 2.45) is 0 Å². The molecule has 2 aliphatic rings. The smallest absolute Gasteiger partial charge is 0.352 e. The zero-order chi connectivity index (χ0) is 15.9. The third-order valence-electron chi connectivity index (χ3n) is 3.62. The summed E-state index contributed by atoms with van der Waals surface area (Å²) in [5.74, 6) is -1.13. The number of carboxylic acid groups (broad SMARTS) is 1. The number of aliphatic carboxylic acids is 1. The fourth-order valence-electron chi connectivity index (χ4n) is 2.58. The van der Waals surface area contributed by atoms with Crippen molar-refractivity contribution in [3.05, 3.63) is 33.7 Å². The molecule has 0 spiro atoms. The summed E-state index contributed by atoms with van der Waals surface area (Å²) < 4.78 is 0. The number of fused-ring (bicyclic) bond motifs is 1. The van der Waals surface area contributed by atoms with Crippen molar-refractivity contribution in [2.45, 2.75) is 24.8 Å². The molecule has 116 valence electrons. The lowest BCUT2D eigenvalue weighted by Crippen LogP contribution is -2.70. The first-order valence-electron chi connectivity index (χ1n) is 6.67. The van der Waals surface area contributed by atoms with Crippen LogP contribution in [0.15, 0.2) is 28.1 Å². The van der Waals surface area contributed by atoms with Gasteiger partial charge in [-0.25, -0.2) is 4.79 Å². The SMILES string of the molecule is CC1=C(C(=O)O)N2C(=O)[C@@H](NC(=O)Cc3ccsc3)[C@H]2SC1. The highest BCUT2D eigenvalue weighted by molar-refractivity contribution is 8.00. The fraction of sp³-hybridized carbons (Fsp3) is 0.357. The van der Waals surface area contributed by atoms with Crippen LogP contribution in [0.1, 0.15) is 12.5 Å². The summed E-state index contributed by atoms with van der Waals surface area (Å²) in [5, 5.41) is 15.4. The van der Waals surface area contributed by atoms with Gasteiger partial charge < -0.3 is 10.4 Å². The lowest BCUT2D eigenvalue weighted by Gasteiger charge is -2.49. The highest BCUT2D eigenvalue weighted by atomic mass is 32.2. The molecule has 0 aliphatic carbocycles. The largest absolute Gasteiger partial charge is 0.477 e. The summed E-state index contributed by atoms with van der Waals surface area (Å²) >= 11 is 2.99. The molecule has 8 heteroatoms. The Hall–Kier alpha value is -1.80. The standard InChI is InChI=1S/C14H14N2O4S2/c1-7-5-22-13-10(12(18)16(13)11(7)14(19)20)15-9(17)4-8-2-3-21-6-8/h2-3,6,10,13H,4-5H2,1H3,(H,15,17)(H,19,20)/t10-,13-/m1/s1. The second kappa shape index (κ2) is 5.77. The van der Waals surface area contributed by atoms with Crippen LogP contribution in [0.3, 0.4) is 0 Å². The molecule has 2 amide bonds. The predicted molar refractivity (Wildman–Crippen MR) is 83.4 cm³/mol. The van der Waals surface area contributed by atoms with E-state index in [2.05, 4.69) is 5.32 Å². The molecular weight excluding hydrogens is 324 g/mol. The maximum absolute atomic E-state index is 12.2. The van der Waals surface area contributed by atoms with Crippen LogP contribution in [0.2, 0.25) is 0 Å². The van der Waals surface area contributed by atoms with E-state index in [4.69, 9.17) is 0 Å². The fourth-order valence-corrected chi connectivity index (χ4v) is 4.54. The van der Waals surface area contributed by atoms with E-state index in [1.165, 1.54) is 28.0 Å². The van der Waals surface area contributed by atoms with Crippen molar-refractivity contribution < 1.29 is 19.5 Å². The Morgan fingerprint density at radius 1 is 1.50 bits per heavy atom. The molecule has 1 fully saturated rings. The van der Waals surface area contributed by atoms with E-state index in [1.54, 1.807) is 6.92 Å². The minimum Gasteiger partial charge on any atom is -0.477 e. The van der Waals surface area contributed by atoms with Gasteiger partial charge in [-0.2, -0.15) is 11.3 Å². The Labute approximate surface area is 135 Å². The molecule has 22 heavy (non-hydrogen) atoms. The molecule has 2 N–H and O–H groups in total. The Bertz CT molecular complexity index is 668. The molecule has 1 aromatic rings. The second-order valence-corrected chi connectivity index (χ2v) is 7.08. The molecule has 0 aromatic carbocycles. The van der Waals surface area contributed by atoms with E-state index < -0.39 is 12.0 Å². The van der Waals surface area contributed by atoms with Gasteiger partial charge in [-0.1, -0.05) is 0 Å². The number of thiophene rings is 1. The number of carbonyl (C=O) groups is 3. The third-order valence-corrected chi connectivity index (χ3v) is 5.78. The second-order valence-electron chi connectivity index (χ2n) is 5.20. The Kier molecular flexibility index (Phi) is 3.96. The summed E-state index contributed by atoms with van der Waals surface area (Å²) in [6.45, 7) is 1.71. The van der Waals surface area contributed by atoms with Crippen molar-refractivity contribution in [1.29, 1.82) is 0 Å². The van der Waals surface area contributed by atoms with Crippen molar-refractivity contribution in [3.63, 3.8) is 0 Å². The lowest BCUT2D eigenvalue weighted by molar-refractivity contribution is -0.150. The van der Waals surface area contributed by atoms with Crippen LogP contribution >= 0.6 is 23.1 Å². The van der Waals surface area contributed by atoms with Crippen molar-refractivity contribution >= 4 is 40.9 Å². The van der Waals surface area contributed by atoms with Gasteiger partial charge in [0.05, 0.1) is 6.42 Å². The number of amides is 2. The quantitative estimate of drug-likeness (QED) is 0.802. The average molecular weight is 338 g/mol. The summed E-state index contributed by atoms with van der Waals surface area (Å²) in [4.78, 5) is 36.8. The van der Waals surface area contributed by atoms with Crippen LogP contribution in [0.5, 0.6) is 0 Å². The Morgan fingerprint density at radius 2 is 2.27 bits per heavy atom. The van der Waals surface area contributed by atoms with Gasteiger partial charge in [0.1, 0.15) is 17.1 Å². The molecule has 6 nitrogen and oxygen atoms in total. The monoisotopic (exact) mass is 338 g/mol. The summed E-state index contributed by atoms with van der Waals surface area (Å²) in [7, 11) is 0. The van der Waals surface area contributed by atoms with Crippen LogP contribution in [-0.2, 0) is 20.8 Å². The van der Waals surface area contributed by atoms with Gasteiger partial charge in [-0.05, 0) is 34.9 Å². The average Bonchev–Trinajstić information content (AvgIpc) is 2.97.